The molecule has 0 aliphatic heterocycles. The highest BCUT2D eigenvalue weighted by Gasteiger charge is 2.38. The van der Waals surface area contributed by atoms with Crippen molar-refractivity contribution in [1.82, 2.24) is 31.1 Å². The number of hydrogen-bond donors (Lipinski definition) is 3. The van der Waals surface area contributed by atoms with E-state index in [0.717, 1.165) is 30.4 Å². The molecule has 12 heteroatoms. The molecule has 2 heterocycles. The molecule has 6 atom stereocenters. The average molecular weight is 549 g/mol. The van der Waals surface area contributed by atoms with Gasteiger partial charge in [-0.25, -0.2) is 23.8 Å². The number of ether oxygens (including phenoxy) is 2. The highest BCUT2D eigenvalue weighted by Crippen LogP contribution is 2.25. The Morgan fingerprint density at radius 3 is 2.24 bits per heavy atom. The number of hydrazine groups is 1. The van der Waals surface area contributed by atoms with Crippen LogP contribution < -0.4 is 16.2 Å². The van der Waals surface area contributed by atoms with E-state index in [1.807, 2.05) is 13.8 Å². The molecular formula is C26H40N6O5S. The van der Waals surface area contributed by atoms with Crippen molar-refractivity contribution < 1.29 is 22.7 Å². The Bertz CT molecular complexity index is 1150. The molecule has 1 amide bonds. The third kappa shape index (κ3) is 7.76. The maximum atomic E-state index is 13.6. The van der Waals surface area contributed by atoms with E-state index in [9.17, 15) is 13.2 Å². The summed E-state index contributed by atoms with van der Waals surface area (Å²) in [6.45, 7) is 7.18. The Hall–Kier alpha value is -2.51. The van der Waals surface area contributed by atoms with Crippen LogP contribution in [0.4, 0.5) is 0 Å². The van der Waals surface area contributed by atoms with Crippen molar-refractivity contribution in [2.24, 2.45) is 0 Å². The summed E-state index contributed by atoms with van der Waals surface area (Å²) in [5.74, 6) is -0.673. The molecule has 3 rings (SSSR count). The summed E-state index contributed by atoms with van der Waals surface area (Å²) >= 11 is 0. The summed E-state index contributed by atoms with van der Waals surface area (Å²) < 4.78 is 38.6. The number of hydrogen-bond acceptors (Lipinski definition) is 10. The monoisotopic (exact) mass is 548 g/mol. The van der Waals surface area contributed by atoms with Crippen LogP contribution in [-0.4, -0.2) is 78.9 Å². The van der Waals surface area contributed by atoms with Crippen molar-refractivity contribution in [3.63, 3.8) is 0 Å². The van der Waals surface area contributed by atoms with E-state index in [2.05, 4.69) is 31.1 Å². The van der Waals surface area contributed by atoms with Gasteiger partial charge in [-0.05, 0) is 57.2 Å². The number of carbonyl (C=O) groups is 1. The van der Waals surface area contributed by atoms with Crippen molar-refractivity contribution >= 4 is 15.7 Å². The Labute approximate surface area is 225 Å². The number of nitrogens with zero attached hydrogens (tertiary/aromatic N) is 3. The first kappa shape index (κ1) is 30.0. The normalized spacial score (nSPS) is 22.4. The van der Waals surface area contributed by atoms with Crippen LogP contribution in [0.2, 0.25) is 0 Å². The van der Waals surface area contributed by atoms with Crippen molar-refractivity contribution in [2.45, 2.75) is 82.5 Å². The largest absolute Gasteiger partial charge is 0.380 e. The number of nitrogens with one attached hydrogen (secondary N) is 3. The van der Waals surface area contributed by atoms with E-state index in [-0.39, 0.29) is 24.0 Å². The average Bonchev–Trinajstić information content (AvgIpc) is 2.91. The molecule has 0 aromatic carbocycles. The second-order valence-corrected chi connectivity index (χ2v) is 12.4. The number of carbonyl (C=O) groups excluding carboxylic acids is 1. The van der Waals surface area contributed by atoms with Crippen LogP contribution in [0, 0.1) is 13.8 Å². The predicted molar refractivity (Wildman–Crippen MR) is 144 cm³/mol. The minimum Gasteiger partial charge on any atom is -0.380 e. The number of sulfone groups is 1. The van der Waals surface area contributed by atoms with E-state index in [4.69, 9.17) is 9.47 Å². The minimum absolute atomic E-state index is 0.172. The summed E-state index contributed by atoms with van der Waals surface area (Å²) in [4.78, 5) is 25.5. The topological polar surface area (TPSA) is 144 Å². The van der Waals surface area contributed by atoms with Gasteiger partial charge < -0.3 is 9.47 Å². The van der Waals surface area contributed by atoms with E-state index < -0.39 is 33.1 Å². The molecule has 38 heavy (non-hydrogen) atoms. The van der Waals surface area contributed by atoms with Gasteiger partial charge in [0.2, 0.25) is 0 Å². The molecule has 210 valence electrons. The summed E-state index contributed by atoms with van der Waals surface area (Å²) in [6.07, 6.45) is 7.86. The van der Waals surface area contributed by atoms with Crippen molar-refractivity contribution in [2.75, 3.05) is 20.0 Å². The predicted octanol–water partition coefficient (Wildman–Crippen LogP) is 1.83. The smallest absolute Gasteiger partial charge is 0.266 e. The maximum absolute atomic E-state index is 13.6. The van der Waals surface area contributed by atoms with Crippen molar-refractivity contribution in [3.05, 3.63) is 53.4 Å². The number of amides is 1. The van der Waals surface area contributed by atoms with Crippen LogP contribution in [0.15, 0.2) is 30.9 Å². The van der Waals surface area contributed by atoms with Crippen LogP contribution in [-0.2, 0) is 19.3 Å². The number of methoxy groups -OCH3 is 2. The van der Waals surface area contributed by atoms with Gasteiger partial charge in [-0.15, -0.1) is 0 Å². The third-order valence-electron chi connectivity index (χ3n) is 7.15. The molecule has 1 aliphatic carbocycles. The van der Waals surface area contributed by atoms with E-state index in [1.165, 1.54) is 6.20 Å². The number of pyridine rings is 1. The summed E-state index contributed by atoms with van der Waals surface area (Å²) in [5.41, 5.74) is 7.66. The molecule has 0 saturated heterocycles. The van der Waals surface area contributed by atoms with Gasteiger partial charge in [-0.2, -0.15) is 0 Å². The zero-order valence-corrected chi connectivity index (χ0v) is 23.8. The Morgan fingerprint density at radius 1 is 1.03 bits per heavy atom. The van der Waals surface area contributed by atoms with Gasteiger partial charge in [0.1, 0.15) is 5.82 Å². The molecule has 0 spiro atoms. The van der Waals surface area contributed by atoms with Gasteiger partial charge in [0.15, 0.2) is 9.84 Å². The quantitative estimate of drug-likeness (QED) is 0.265. The zero-order valence-electron chi connectivity index (χ0n) is 23.0. The van der Waals surface area contributed by atoms with Crippen LogP contribution in [0.1, 0.15) is 66.3 Å². The standard InChI is InChI=1S/C26H40N6O5S/c1-16-10-20(14-27-11-16)26(33)32-31-23(30-24-21(36-5)8-7-9-22(24)37-6)15-38(34,35)19(4)18(3)25-28-12-17(2)13-29-25/h10-14,18-19,21-24,30-31H,7-9,15H2,1-6H3,(H,32,33)/t18-,19-,21-,22+,23?,24?/m0/s1. The van der Waals surface area contributed by atoms with E-state index in [0.29, 0.717) is 11.4 Å². The molecule has 2 aromatic rings. The van der Waals surface area contributed by atoms with Crippen LogP contribution in [0.25, 0.3) is 0 Å². The summed E-state index contributed by atoms with van der Waals surface area (Å²) in [6, 6.07) is 1.43. The fraction of sp³-hybridized carbons (Fsp3) is 0.615. The fourth-order valence-corrected chi connectivity index (χ4v) is 6.36. The van der Waals surface area contributed by atoms with Gasteiger partial charge in [-0.1, -0.05) is 6.92 Å². The van der Waals surface area contributed by atoms with Crippen molar-refractivity contribution in [1.29, 1.82) is 0 Å². The summed E-state index contributed by atoms with van der Waals surface area (Å²) in [7, 11) is -0.419. The summed E-state index contributed by atoms with van der Waals surface area (Å²) in [5, 5.41) is 2.60. The maximum Gasteiger partial charge on any atom is 0.266 e. The Balaban J connectivity index is 1.81. The van der Waals surface area contributed by atoms with Crippen molar-refractivity contribution in [3.8, 4) is 0 Å². The fourth-order valence-electron chi connectivity index (χ4n) is 4.67. The molecule has 1 fully saturated rings. The Morgan fingerprint density at radius 2 is 1.66 bits per heavy atom. The number of rotatable bonds is 12. The molecule has 0 bridgehead atoms. The van der Waals surface area contributed by atoms with Crippen LogP contribution in [0.5, 0.6) is 0 Å². The van der Waals surface area contributed by atoms with Gasteiger partial charge in [-0.3, -0.25) is 20.5 Å². The molecule has 2 unspecified atom stereocenters. The van der Waals surface area contributed by atoms with Gasteiger partial charge in [0.25, 0.3) is 5.91 Å². The molecule has 1 aliphatic rings. The second-order valence-electron chi connectivity index (χ2n) is 10.0. The van der Waals surface area contributed by atoms with Gasteiger partial charge in [0, 0.05) is 44.9 Å². The highest BCUT2D eigenvalue weighted by atomic mass is 32.2. The lowest BCUT2D eigenvalue weighted by atomic mass is 9.89. The molecule has 3 N–H and O–H groups in total. The molecular weight excluding hydrogens is 508 g/mol. The first-order valence-corrected chi connectivity index (χ1v) is 14.6. The number of aromatic nitrogens is 3. The van der Waals surface area contributed by atoms with Crippen LogP contribution >= 0.6 is 0 Å². The first-order valence-electron chi connectivity index (χ1n) is 12.8. The lowest BCUT2D eigenvalue weighted by Gasteiger charge is -2.39. The highest BCUT2D eigenvalue weighted by molar-refractivity contribution is 7.92. The van der Waals surface area contributed by atoms with Gasteiger partial charge in [0.05, 0.1) is 41.0 Å². The zero-order chi connectivity index (χ0) is 27.9. The SMILES string of the molecule is CO[C@H]1CCC[C@@H](OC)C1NC(CS(=O)(=O)[C@@H](C)[C@H](C)c1ncc(C)cn1)NNC(=O)c1cncc(C)c1. The van der Waals surface area contributed by atoms with E-state index >= 15 is 0 Å². The minimum atomic E-state index is -3.69. The lowest BCUT2D eigenvalue weighted by Crippen LogP contribution is -2.63. The van der Waals surface area contributed by atoms with Gasteiger partial charge >= 0.3 is 0 Å². The molecule has 1 saturated carbocycles. The third-order valence-corrected chi connectivity index (χ3v) is 9.49. The Kier molecular flexibility index (Phi) is 10.7. The van der Waals surface area contributed by atoms with E-state index in [1.54, 1.807) is 52.7 Å². The number of aryl methyl sites for hydroxylation is 2. The molecule has 0 radical (unpaired) electrons. The molecule has 11 nitrogen and oxygen atoms in total. The lowest BCUT2D eigenvalue weighted by molar-refractivity contribution is -0.0452. The molecule has 2 aromatic heterocycles. The van der Waals surface area contributed by atoms with Crippen LogP contribution in [0.3, 0.4) is 0 Å². The second kappa shape index (κ2) is 13.5. The first-order chi connectivity index (χ1) is 18.1.